The van der Waals surface area contributed by atoms with Crippen LogP contribution in [0.1, 0.15) is 58.4 Å². The van der Waals surface area contributed by atoms with Gasteiger partial charge in [-0.2, -0.15) is 0 Å². The van der Waals surface area contributed by atoms with Crippen molar-refractivity contribution in [2.45, 2.75) is 59.8 Å². The molecule has 1 heterocycles. The second kappa shape index (κ2) is 8.89. The molecule has 0 spiro atoms. The molecule has 19 heavy (non-hydrogen) atoms. The summed E-state index contributed by atoms with van der Waals surface area (Å²) in [6, 6.07) is 0. The van der Waals surface area contributed by atoms with Gasteiger partial charge in [0.25, 0.3) is 0 Å². The first kappa shape index (κ1) is 15.9. The molecule has 0 amide bonds. The predicted octanol–water partition coefficient (Wildman–Crippen LogP) is 4.22. The molecular weight excluding hydrogens is 234 g/mol. The van der Waals surface area contributed by atoms with Gasteiger partial charge in [-0.25, -0.2) is 9.97 Å². The third-order valence-electron chi connectivity index (χ3n) is 3.74. The van der Waals surface area contributed by atoms with Gasteiger partial charge in [-0.3, -0.25) is 0 Å². The standard InChI is InChI=1S/C16H29N3/c1-5-10-19(11-8-9-15(6-2)7-3)16-17-12-14(4)13-18-16/h12-13,15H,5-11H2,1-4H3. The largest absolute Gasteiger partial charge is 0.341 e. The highest BCUT2D eigenvalue weighted by Crippen LogP contribution is 2.16. The van der Waals surface area contributed by atoms with Gasteiger partial charge in [0.15, 0.2) is 0 Å². The fourth-order valence-electron chi connectivity index (χ4n) is 2.40. The quantitative estimate of drug-likeness (QED) is 0.668. The Kier molecular flexibility index (Phi) is 7.46. The summed E-state index contributed by atoms with van der Waals surface area (Å²) in [6.07, 6.45) is 10.1. The van der Waals surface area contributed by atoms with Crippen molar-refractivity contribution >= 4 is 5.95 Å². The van der Waals surface area contributed by atoms with Crippen molar-refractivity contribution in [2.75, 3.05) is 18.0 Å². The van der Waals surface area contributed by atoms with Crippen LogP contribution in [0.5, 0.6) is 0 Å². The van der Waals surface area contributed by atoms with Gasteiger partial charge in [0.1, 0.15) is 0 Å². The molecule has 1 aromatic rings. The van der Waals surface area contributed by atoms with Crippen molar-refractivity contribution < 1.29 is 0 Å². The van der Waals surface area contributed by atoms with Gasteiger partial charge < -0.3 is 4.90 Å². The average molecular weight is 263 g/mol. The Hall–Kier alpha value is -1.12. The van der Waals surface area contributed by atoms with Crippen molar-refractivity contribution in [3.8, 4) is 0 Å². The van der Waals surface area contributed by atoms with Crippen LogP contribution in [0.4, 0.5) is 5.95 Å². The fraction of sp³-hybridized carbons (Fsp3) is 0.750. The lowest BCUT2D eigenvalue weighted by Crippen LogP contribution is -2.27. The maximum Gasteiger partial charge on any atom is 0.225 e. The lowest BCUT2D eigenvalue weighted by atomic mass is 9.97. The monoisotopic (exact) mass is 263 g/mol. The Morgan fingerprint density at radius 2 is 1.68 bits per heavy atom. The van der Waals surface area contributed by atoms with Crippen LogP contribution in [-0.4, -0.2) is 23.1 Å². The zero-order valence-corrected chi connectivity index (χ0v) is 13.0. The van der Waals surface area contributed by atoms with E-state index >= 15 is 0 Å². The molecule has 3 heteroatoms. The maximum atomic E-state index is 4.45. The van der Waals surface area contributed by atoms with Gasteiger partial charge in [-0.05, 0) is 37.7 Å². The molecule has 0 radical (unpaired) electrons. The molecular formula is C16H29N3. The van der Waals surface area contributed by atoms with Crippen LogP contribution in [0.3, 0.4) is 0 Å². The number of anilines is 1. The van der Waals surface area contributed by atoms with Crippen LogP contribution in [0, 0.1) is 12.8 Å². The van der Waals surface area contributed by atoms with E-state index in [1.54, 1.807) is 0 Å². The molecule has 1 rings (SSSR count). The van der Waals surface area contributed by atoms with Crippen molar-refractivity contribution in [2.24, 2.45) is 5.92 Å². The summed E-state index contributed by atoms with van der Waals surface area (Å²) in [6.45, 7) is 10.9. The average Bonchev–Trinajstić information content (AvgIpc) is 2.43. The smallest absolute Gasteiger partial charge is 0.225 e. The van der Waals surface area contributed by atoms with E-state index in [1.807, 2.05) is 19.3 Å². The van der Waals surface area contributed by atoms with E-state index < -0.39 is 0 Å². The highest BCUT2D eigenvalue weighted by molar-refractivity contribution is 5.29. The third-order valence-corrected chi connectivity index (χ3v) is 3.74. The van der Waals surface area contributed by atoms with Gasteiger partial charge in [-0.15, -0.1) is 0 Å². The molecule has 0 aliphatic carbocycles. The number of aromatic nitrogens is 2. The molecule has 0 fully saturated rings. The molecule has 0 N–H and O–H groups in total. The molecule has 0 aliphatic heterocycles. The maximum absolute atomic E-state index is 4.45. The van der Waals surface area contributed by atoms with Gasteiger partial charge in [0.2, 0.25) is 5.95 Å². The lowest BCUT2D eigenvalue weighted by molar-refractivity contribution is 0.439. The first-order chi connectivity index (χ1) is 9.21. The van der Waals surface area contributed by atoms with Gasteiger partial charge in [-0.1, -0.05) is 33.6 Å². The van der Waals surface area contributed by atoms with Crippen molar-refractivity contribution in [3.63, 3.8) is 0 Å². The SMILES string of the molecule is CCCN(CCCC(CC)CC)c1ncc(C)cn1. The summed E-state index contributed by atoms with van der Waals surface area (Å²) in [4.78, 5) is 11.2. The molecule has 108 valence electrons. The molecule has 0 saturated heterocycles. The summed E-state index contributed by atoms with van der Waals surface area (Å²) in [5, 5.41) is 0. The minimum absolute atomic E-state index is 0.877. The summed E-state index contributed by atoms with van der Waals surface area (Å²) in [5.41, 5.74) is 1.12. The van der Waals surface area contributed by atoms with Gasteiger partial charge in [0.05, 0.1) is 0 Å². The van der Waals surface area contributed by atoms with E-state index in [2.05, 4.69) is 35.6 Å². The van der Waals surface area contributed by atoms with E-state index in [1.165, 1.54) is 25.7 Å². The first-order valence-electron chi connectivity index (χ1n) is 7.74. The minimum atomic E-state index is 0.877. The summed E-state index contributed by atoms with van der Waals surface area (Å²) in [7, 11) is 0. The van der Waals surface area contributed by atoms with Crippen molar-refractivity contribution in [1.29, 1.82) is 0 Å². The number of aryl methyl sites for hydroxylation is 1. The fourth-order valence-corrected chi connectivity index (χ4v) is 2.40. The van der Waals surface area contributed by atoms with Crippen molar-refractivity contribution in [3.05, 3.63) is 18.0 Å². The zero-order valence-electron chi connectivity index (χ0n) is 13.0. The number of nitrogens with zero attached hydrogens (tertiary/aromatic N) is 3. The van der Waals surface area contributed by atoms with Gasteiger partial charge in [0, 0.05) is 25.5 Å². The van der Waals surface area contributed by atoms with Crippen LogP contribution >= 0.6 is 0 Å². The van der Waals surface area contributed by atoms with Crippen molar-refractivity contribution in [1.82, 2.24) is 9.97 Å². The van der Waals surface area contributed by atoms with Crippen LogP contribution in [0.15, 0.2) is 12.4 Å². The summed E-state index contributed by atoms with van der Waals surface area (Å²) >= 11 is 0. The minimum Gasteiger partial charge on any atom is -0.341 e. The second-order valence-corrected chi connectivity index (χ2v) is 5.37. The number of hydrogen-bond donors (Lipinski definition) is 0. The number of hydrogen-bond acceptors (Lipinski definition) is 3. The Morgan fingerprint density at radius 3 is 2.21 bits per heavy atom. The van der Waals surface area contributed by atoms with E-state index in [0.29, 0.717) is 0 Å². The number of rotatable bonds is 9. The normalized spacial score (nSPS) is 11.0. The summed E-state index contributed by atoms with van der Waals surface area (Å²) in [5.74, 6) is 1.76. The topological polar surface area (TPSA) is 29.0 Å². The van der Waals surface area contributed by atoms with Gasteiger partial charge >= 0.3 is 0 Å². The third kappa shape index (κ3) is 5.58. The van der Waals surface area contributed by atoms with E-state index in [-0.39, 0.29) is 0 Å². The molecule has 0 aromatic carbocycles. The molecule has 0 unspecified atom stereocenters. The first-order valence-corrected chi connectivity index (χ1v) is 7.74. The Labute approximate surface area is 118 Å². The van der Waals surface area contributed by atoms with Crippen LogP contribution in [0.2, 0.25) is 0 Å². The highest BCUT2D eigenvalue weighted by Gasteiger charge is 2.09. The van der Waals surface area contributed by atoms with E-state index in [9.17, 15) is 0 Å². The zero-order chi connectivity index (χ0) is 14.1. The Bertz CT molecular complexity index is 330. The molecule has 0 aliphatic rings. The van der Waals surface area contributed by atoms with E-state index in [4.69, 9.17) is 0 Å². The Morgan fingerprint density at radius 1 is 1.05 bits per heavy atom. The predicted molar refractivity (Wildman–Crippen MR) is 82.6 cm³/mol. The summed E-state index contributed by atoms with van der Waals surface area (Å²) < 4.78 is 0. The molecule has 0 bridgehead atoms. The highest BCUT2D eigenvalue weighted by atomic mass is 15.2. The van der Waals surface area contributed by atoms with Crippen LogP contribution in [0.25, 0.3) is 0 Å². The van der Waals surface area contributed by atoms with E-state index in [0.717, 1.165) is 36.9 Å². The molecule has 3 nitrogen and oxygen atoms in total. The molecule has 1 aromatic heterocycles. The molecule has 0 atom stereocenters. The Balaban J connectivity index is 2.50. The lowest BCUT2D eigenvalue weighted by Gasteiger charge is -2.23. The van der Waals surface area contributed by atoms with Crippen LogP contribution in [-0.2, 0) is 0 Å². The second-order valence-electron chi connectivity index (χ2n) is 5.37. The molecule has 0 saturated carbocycles. The van der Waals surface area contributed by atoms with Crippen LogP contribution < -0.4 is 4.90 Å².